The zero-order valence-electron chi connectivity index (χ0n) is 40.4. The number of unbranched alkanes of at least 4 members (excludes halogenated alkanes) is 12. The van der Waals surface area contributed by atoms with E-state index in [1.807, 2.05) is 64.5 Å². The van der Waals surface area contributed by atoms with Crippen LogP contribution in [0.15, 0.2) is 97.2 Å². The Kier molecular flexibility index (Phi) is 40.4. The average molecular weight is 918 g/mol. The first-order valence-electron chi connectivity index (χ1n) is 24.2. The summed E-state index contributed by atoms with van der Waals surface area (Å²) in [6.07, 6.45) is 49.4. The molecule has 0 heterocycles. The second kappa shape index (κ2) is 42.5. The van der Waals surface area contributed by atoms with Crippen LogP contribution in [-0.2, 0) is 32.7 Å². The third-order valence-electron chi connectivity index (χ3n) is 9.77. The molecule has 0 aromatic heterocycles. The fourth-order valence-corrected chi connectivity index (χ4v) is 6.67. The van der Waals surface area contributed by atoms with E-state index in [9.17, 15) is 29.3 Å². The highest BCUT2D eigenvalue weighted by atomic mass is 31.2. The molecule has 0 amide bonds. The van der Waals surface area contributed by atoms with Gasteiger partial charge in [0.05, 0.1) is 40.0 Å². The molecule has 4 atom stereocenters. The summed E-state index contributed by atoms with van der Waals surface area (Å²) in [6.45, 7) is 3.79. The van der Waals surface area contributed by atoms with Crippen LogP contribution in [0.25, 0.3) is 0 Å². The number of carbonyl (C=O) groups excluding carboxylic acids is 2. The summed E-state index contributed by atoms with van der Waals surface area (Å²) in [6, 6.07) is 0. The number of allylic oxidation sites excluding steroid dienone is 12. The van der Waals surface area contributed by atoms with E-state index in [0.717, 1.165) is 38.5 Å². The molecule has 0 saturated carbocycles. The van der Waals surface area contributed by atoms with E-state index < -0.39 is 44.7 Å². The van der Waals surface area contributed by atoms with Gasteiger partial charge in [0.1, 0.15) is 19.8 Å². The van der Waals surface area contributed by atoms with Crippen molar-refractivity contribution in [1.29, 1.82) is 0 Å². The summed E-state index contributed by atoms with van der Waals surface area (Å²) >= 11 is 0. The number of ether oxygens (including phenoxy) is 2. The van der Waals surface area contributed by atoms with Crippen molar-refractivity contribution in [1.82, 2.24) is 0 Å². The molecule has 0 saturated heterocycles. The molecule has 1 unspecified atom stereocenters. The zero-order chi connectivity index (χ0) is 47.4. The summed E-state index contributed by atoms with van der Waals surface area (Å²) in [5.74, 6) is -1.01. The Balaban J connectivity index is 4.54. The van der Waals surface area contributed by atoms with Crippen molar-refractivity contribution in [3.8, 4) is 0 Å². The number of phosphoric acid groups is 1. The average Bonchev–Trinajstić information content (AvgIpc) is 3.24. The molecule has 2 N–H and O–H groups in total. The Hall–Kier alpha value is -3.15. The summed E-state index contributed by atoms with van der Waals surface area (Å²) in [7, 11) is 1.03. The van der Waals surface area contributed by atoms with Gasteiger partial charge in [-0.15, -0.1) is 0 Å². The summed E-state index contributed by atoms with van der Waals surface area (Å²) in [4.78, 5) is 37.6. The second-order valence-corrected chi connectivity index (χ2v) is 18.5. The van der Waals surface area contributed by atoms with Gasteiger partial charge >= 0.3 is 11.9 Å². The van der Waals surface area contributed by atoms with E-state index in [0.29, 0.717) is 43.1 Å². The number of aliphatic hydroxyl groups is 2. The normalized spacial score (nSPS) is 15.3. The smallest absolute Gasteiger partial charge is 0.306 e. The first kappa shape index (κ1) is 60.9. The molecule has 0 aliphatic heterocycles. The van der Waals surface area contributed by atoms with E-state index in [4.69, 9.17) is 18.5 Å². The Morgan fingerprint density at radius 2 is 1.11 bits per heavy atom. The highest BCUT2D eigenvalue weighted by Crippen LogP contribution is 2.38. The lowest BCUT2D eigenvalue weighted by atomic mass is 10.1. The highest BCUT2D eigenvalue weighted by Gasteiger charge is 2.21. The van der Waals surface area contributed by atoms with Gasteiger partial charge in [-0.05, 0) is 70.6 Å². The van der Waals surface area contributed by atoms with Crippen LogP contribution in [0.2, 0.25) is 0 Å². The molecule has 0 bridgehead atoms. The van der Waals surface area contributed by atoms with Gasteiger partial charge in [-0.2, -0.15) is 0 Å². The second-order valence-electron chi connectivity index (χ2n) is 17.1. The molecule has 0 aliphatic carbocycles. The predicted molar refractivity (Wildman–Crippen MR) is 261 cm³/mol. The number of nitrogens with zero attached hydrogens (tertiary/aromatic N) is 1. The number of rotatable bonds is 42. The van der Waals surface area contributed by atoms with Crippen molar-refractivity contribution in [2.75, 3.05) is 47.5 Å². The third kappa shape index (κ3) is 45.4. The van der Waals surface area contributed by atoms with Gasteiger partial charge < -0.3 is 38.1 Å². The lowest BCUT2D eigenvalue weighted by Gasteiger charge is -2.28. The fraction of sp³-hybridized carbons (Fsp3) is 0.654. The van der Waals surface area contributed by atoms with Crippen LogP contribution in [0.4, 0.5) is 0 Å². The number of hydrogen-bond donors (Lipinski definition) is 2. The molecule has 0 fully saturated rings. The van der Waals surface area contributed by atoms with E-state index in [2.05, 4.69) is 31.2 Å². The van der Waals surface area contributed by atoms with Gasteiger partial charge in [-0.3, -0.25) is 14.2 Å². The van der Waals surface area contributed by atoms with Crippen molar-refractivity contribution in [2.24, 2.45) is 0 Å². The van der Waals surface area contributed by atoms with Crippen molar-refractivity contribution in [3.63, 3.8) is 0 Å². The molecule has 0 radical (unpaired) electrons. The van der Waals surface area contributed by atoms with E-state index >= 15 is 0 Å². The predicted octanol–water partition coefficient (Wildman–Crippen LogP) is 11.4. The molecule has 12 heteroatoms. The SMILES string of the molecule is CC/C=C\C[C@H](O)/C=C/C=C\C=C\[C@H](O)C/C=C\C/C=C\CCC(=O)O[C@H](COC(=O)CCCCCCCCCCC/C=C\C/C=C\CCCCC)COP(=O)([O-])OCC[N+](C)(C)C. The van der Waals surface area contributed by atoms with Crippen LogP contribution in [-0.4, -0.2) is 92.5 Å². The highest BCUT2D eigenvalue weighted by molar-refractivity contribution is 7.45. The number of quaternary nitrogens is 1. The summed E-state index contributed by atoms with van der Waals surface area (Å²) < 4.78 is 33.8. The number of likely N-dealkylation sites (N-methyl/N-ethyl adjacent to an activating group) is 1. The number of phosphoric ester groups is 1. The van der Waals surface area contributed by atoms with Crippen LogP contribution >= 0.6 is 7.82 Å². The molecular weight excluding hydrogens is 830 g/mol. The van der Waals surface area contributed by atoms with Gasteiger partial charge in [0.15, 0.2) is 6.10 Å². The van der Waals surface area contributed by atoms with Crippen molar-refractivity contribution in [3.05, 3.63) is 97.2 Å². The Labute approximate surface area is 389 Å². The summed E-state index contributed by atoms with van der Waals surface area (Å²) in [5.41, 5.74) is 0. The first-order valence-corrected chi connectivity index (χ1v) is 25.6. The van der Waals surface area contributed by atoms with Crippen LogP contribution < -0.4 is 4.89 Å². The molecular formula is C52H88NO10P. The monoisotopic (exact) mass is 918 g/mol. The van der Waals surface area contributed by atoms with E-state index in [-0.39, 0.29) is 26.1 Å². The number of esters is 2. The number of aliphatic hydroxyl groups excluding tert-OH is 2. The molecule has 0 aliphatic rings. The minimum atomic E-state index is -4.68. The van der Waals surface area contributed by atoms with Crippen LogP contribution in [0.5, 0.6) is 0 Å². The lowest BCUT2D eigenvalue weighted by Crippen LogP contribution is -2.37. The lowest BCUT2D eigenvalue weighted by molar-refractivity contribution is -0.870. The number of carbonyl (C=O) groups is 2. The molecule has 64 heavy (non-hydrogen) atoms. The van der Waals surface area contributed by atoms with Gasteiger partial charge in [0, 0.05) is 12.8 Å². The molecule has 0 aromatic rings. The maximum atomic E-state index is 12.7. The quantitative estimate of drug-likeness (QED) is 0.0151. The van der Waals surface area contributed by atoms with Crippen molar-refractivity contribution < 1.29 is 52.3 Å². The van der Waals surface area contributed by atoms with E-state index in [1.165, 1.54) is 57.8 Å². The topological polar surface area (TPSA) is 152 Å². The molecule has 0 spiro atoms. The fourth-order valence-electron chi connectivity index (χ4n) is 5.94. The molecule has 11 nitrogen and oxygen atoms in total. The van der Waals surface area contributed by atoms with Gasteiger partial charge in [0.25, 0.3) is 7.82 Å². The zero-order valence-corrected chi connectivity index (χ0v) is 41.3. The van der Waals surface area contributed by atoms with Crippen molar-refractivity contribution >= 4 is 19.8 Å². The Morgan fingerprint density at radius 1 is 0.594 bits per heavy atom. The largest absolute Gasteiger partial charge is 0.756 e. The molecule has 0 aromatic carbocycles. The Bertz CT molecular complexity index is 1440. The van der Waals surface area contributed by atoms with Crippen molar-refractivity contribution in [2.45, 2.75) is 173 Å². The molecule has 0 rings (SSSR count). The Morgan fingerprint density at radius 3 is 1.67 bits per heavy atom. The van der Waals surface area contributed by atoms with E-state index in [1.54, 1.807) is 36.5 Å². The van der Waals surface area contributed by atoms with Gasteiger partial charge in [-0.25, -0.2) is 0 Å². The minimum Gasteiger partial charge on any atom is -0.756 e. The first-order chi connectivity index (χ1) is 30.8. The van der Waals surface area contributed by atoms with Gasteiger partial charge in [0.2, 0.25) is 0 Å². The summed E-state index contributed by atoms with van der Waals surface area (Å²) in [5, 5.41) is 20.0. The maximum Gasteiger partial charge on any atom is 0.306 e. The van der Waals surface area contributed by atoms with Crippen LogP contribution in [0, 0.1) is 0 Å². The van der Waals surface area contributed by atoms with Crippen LogP contribution in [0.1, 0.15) is 155 Å². The van der Waals surface area contributed by atoms with Crippen LogP contribution in [0.3, 0.4) is 0 Å². The minimum absolute atomic E-state index is 0.0372. The van der Waals surface area contributed by atoms with Gasteiger partial charge in [-0.1, -0.05) is 169 Å². The maximum absolute atomic E-state index is 12.7. The number of hydrogen-bond acceptors (Lipinski definition) is 10. The third-order valence-corrected chi connectivity index (χ3v) is 10.7. The molecule has 366 valence electrons. The standard InChI is InChI=1S/C52H88NO10P/c1-6-8-10-11-12-13-14-15-16-17-18-19-20-21-22-23-24-28-36-42-51(56)60-46-50(47-62-64(58,59)61-45-44-53(3,4)5)63-52(57)43-37-29-26-25-27-33-39-49(55)41-35-31-30-34-40-48(54)38-32-9-7-2/h9,12-13,15-16,26-27,29-35,40-41,48-50,54-55H,6-8,10-11,14,17-25,28,36-39,42-47H2,1-5H3/b13-12-,16-15-,29-26-,31-30-,32-9-,33-27-,40-34+,41-35+/t48-,49+,50+/m0/s1.